The topological polar surface area (TPSA) is 72.7 Å². The molecule has 4 nitrogen and oxygen atoms in total. The van der Waals surface area contributed by atoms with Crippen molar-refractivity contribution in [3.05, 3.63) is 23.8 Å². The number of hydrogen-bond acceptors (Lipinski definition) is 4. The van der Waals surface area contributed by atoms with E-state index < -0.39 is 6.10 Å². The summed E-state index contributed by atoms with van der Waals surface area (Å²) in [7, 11) is 1.73. The molecule has 14 heavy (non-hydrogen) atoms. The summed E-state index contributed by atoms with van der Waals surface area (Å²) < 4.78 is 0. The van der Waals surface area contributed by atoms with E-state index in [0.29, 0.717) is 12.1 Å². The van der Waals surface area contributed by atoms with Crippen LogP contribution in [0, 0.1) is 0 Å². The van der Waals surface area contributed by atoms with E-state index in [1.165, 1.54) is 12.1 Å². The molecular weight excluding hydrogens is 182 g/mol. The normalized spacial score (nSPS) is 11.9. The van der Waals surface area contributed by atoms with E-state index >= 15 is 0 Å². The van der Waals surface area contributed by atoms with Gasteiger partial charge in [-0.05, 0) is 24.7 Å². The maximum atomic E-state index is 9.48. The molecule has 4 heteroatoms. The van der Waals surface area contributed by atoms with Gasteiger partial charge in [-0.1, -0.05) is 13.5 Å². The predicted molar refractivity (Wildman–Crippen MR) is 55.4 cm³/mol. The quantitative estimate of drug-likeness (QED) is 0.548. The number of benzene rings is 1. The first kappa shape index (κ1) is 12.7. The fraction of sp³-hybridized carbons (Fsp3) is 0.400. The first-order chi connectivity index (χ1) is 6.15. The molecule has 0 radical (unpaired) electrons. The molecule has 0 heterocycles. The highest BCUT2D eigenvalue weighted by Crippen LogP contribution is 2.27. The van der Waals surface area contributed by atoms with Crippen molar-refractivity contribution in [3.8, 4) is 11.5 Å². The minimum Gasteiger partial charge on any atom is -0.504 e. The molecule has 0 saturated carbocycles. The van der Waals surface area contributed by atoms with Crippen molar-refractivity contribution in [2.24, 2.45) is 0 Å². The van der Waals surface area contributed by atoms with Crippen molar-refractivity contribution in [2.75, 3.05) is 13.6 Å². The molecule has 4 N–H and O–H groups in total. The van der Waals surface area contributed by atoms with Crippen LogP contribution in [0.4, 0.5) is 0 Å². The van der Waals surface area contributed by atoms with E-state index in [2.05, 4.69) is 5.32 Å². The molecule has 80 valence electrons. The van der Waals surface area contributed by atoms with Crippen molar-refractivity contribution >= 4 is 0 Å². The van der Waals surface area contributed by atoms with Gasteiger partial charge in [0.25, 0.3) is 0 Å². The molecule has 0 amide bonds. The summed E-state index contributed by atoms with van der Waals surface area (Å²) in [6.07, 6.45) is -0.670. The van der Waals surface area contributed by atoms with Gasteiger partial charge in [0.1, 0.15) is 0 Å². The molecule has 0 aliphatic rings. The van der Waals surface area contributed by atoms with E-state index in [4.69, 9.17) is 10.2 Å². The number of likely N-dealkylation sites (N-methyl/N-ethyl adjacent to an activating group) is 1. The van der Waals surface area contributed by atoms with E-state index in [1.807, 2.05) is 0 Å². The third kappa shape index (κ3) is 2.90. The Morgan fingerprint density at radius 2 is 1.93 bits per heavy atom. The van der Waals surface area contributed by atoms with Gasteiger partial charge >= 0.3 is 0 Å². The lowest BCUT2D eigenvalue weighted by Crippen LogP contribution is -2.16. The lowest BCUT2D eigenvalue weighted by Gasteiger charge is -2.10. The predicted octanol–water partition coefficient (Wildman–Crippen LogP) is 0.987. The van der Waals surface area contributed by atoms with Crippen molar-refractivity contribution < 1.29 is 15.3 Å². The Labute approximate surface area is 83.8 Å². The van der Waals surface area contributed by atoms with Crippen LogP contribution in [0.1, 0.15) is 19.1 Å². The summed E-state index contributed by atoms with van der Waals surface area (Å²) in [5.74, 6) is -0.395. The third-order valence-corrected chi connectivity index (χ3v) is 1.78. The molecule has 1 atom stereocenters. The van der Waals surface area contributed by atoms with Crippen LogP contribution in [0.15, 0.2) is 18.2 Å². The zero-order valence-electron chi connectivity index (χ0n) is 7.36. The largest absolute Gasteiger partial charge is 0.504 e. The maximum Gasteiger partial charge on any atom is 0.157 e. The summed E-state index contributed by atoms with van der Waals surface area (Å²) in [5.41, 5.74) is 0.574. The van der Waals surface area contributed by atoms with Gasteiger partial charge in [-0.3, -0.25) is 0 Å². The van der Waals surface area contributed by atoms with Gasteiger partial charge in [0.05, 0.1) is 6.10 Å². The molecule has 1 aromatic rings. The average molecular weight is 199 g/mol. The van der Waals surface area contributed by atoms with Crippen molar-refractivity contribution in [2.45, 2.75) is 13.5 Å². The number of aliphatic hydroxyl groups excluding tert-OH is 1. The lowest BCUT2D eigenvalue weighted by molar-refractivity contribution is 0.177. The van der Waals surface area contributed by atoms with Crippen LogP contribution in [0.5, 0.6) is 11.5 Å². The highest BCUT2D eigenvalue weighted by Gasteiger charge is 2.08. The number of aliphatic hydroxyl groups is 1. The van der Waals surface area contributed by atoms with Crippen molar-refractivity contribution in [3.63, 3.8) is 0 Å². The van der Waals surface area contributed by atoms with Crippen LogP contribution in [0.25, 0.3) is 0 Å². The Morgan fingerprint density at radius 3 is 2.43 bits per heavy atom. The zero-order chi connectivity index (χ0) is 9.84. The molecule has 1 unspecified atom stereocenters. The summed E-state index contributed by atoms with van der Waals surface area (Å²) in [4.78, 5) is 0. The first-order valence-electron chi connectivity index (χ1n) is 3.99. The van der Waals surface area contributed by atoms with Crippen LogP contribution >= 0.6 is 0 Å². The number of nitrogens with one attached hydrogen (secondary N) is 1. The minimum absolute atomic E-state index is 0. The molecule has 0 bridgehead atoms. The Morgan fingerprint density at radius 1 is 1.29 bits per heavy atom. The van der Waals surface area contributed by atoms with Gasteiger partial charge in [-0.25, -0.2) is 0 Å². The van der Waals surface area contributed by atoms with Gasteiger partial charge in [0, 0.05) is 6.54 Å². The van der Waals surface area contributed by atoms with Crippen LogP contribution in [0.3, 0.4) is 0 Å². The molecule has 0 fully saturated rings. The molecule has 1 aromatic carbocycles. The molecule has 1 rings (SSSR count). The second-order valence-corrected chi connectivity index (χ2v) is 2.82. The highest BCUT2D eigenvalue weighted by atomic mass is 16.3. The van der Waals surface area contributed by atoms with Gasteiger partial charge in [0.2, 0.25) is 0 Å². The fourth-order valence-electron chi connectivity index (χ4n) is 1.06. The van der Waals surface area contributed by atoms with Crippen LogP contribution in [0.2, 0.25) is 0 Å². The summed E-state index contributed by atoms with van der Waals surface area (Å²) in [5, 5.41) is 30.4. The zero-order valence-corrected chi connectivity index (χ0v) is 7.36. The van der Waals surface area contributed by atoms with E-state index in [1.54, 1.807) is 13.1 Å². The summed E-state index contributed by atoms with van der Waals surface area (Å²) >= 11 is 0. The van der Waals surface area contributed by atoms with Crippen LogP contribution < -0.4 is 5.32 Å². The third-order valence-electron chi connectivity index (χ3n) is 1.78. The van der Waals surface area contributed by atoms with Gasteiger partial charge in [-0.2, -0.15) is 0 Å². The number of aromatic hydroxyl groups is 2. The fourth-order valence-corrected chi connectivity index (χ4v) is 1.06. The van der Waals surface area contributed by atoms with Crippen LogP contribution in [-0.2, 0) is 0 Å². The summed E-state index contributed by atoms with van der Waals surface area (Å²) in [6.45, 7) is 0.407. The van der Waals surface area contributed by atoms with Gasteiger partial charge in [-0.15, -0.1) is 0 Å². The van der Waals surface area contributed by atoms with Crippen molar-refractivity contribution in [1.29, 1.82) is 0 Å². The minimum atomic E-state index is -0.670. The van der Waals surface area contributed by atoms with E-state index in [-0.39, 0.29) is 18.9 Å². The Bertz CT molecular complexity index is 289. The van der Waals surface area contributed by atoms with Crippen molar-refractivity contribution in [1.82, 2.24) is 5.32 Å². The SMILES string of the molecule is C.CNCC(O)c1ccc(O)c(O)c1. The highest BCUT2D eigenvalue weighted by molar-refractivity contribution is 5.41. The Hall–Kier alpha value is -1.26. The molecule has 0 aromatic heterocycles. The monoisotopic (exact) mass is 199 g/mol. The first-order valence-corrected chi connectivity index (χ1v) is 3.99. The Kier molecular flexibility index (Phi) is 4.97. The van der Waals surface area contributed by atoms with Gasteiger partial charge in [0.15, 0.2) is 11.5 Å². The molecule has 0 aliphatic carbocycles. The Balaban J connectivity index is 0.00000169. The average Bonchev–Trinajstić information content (AvgIpc) is 2.10. The lowest BCUT2D eigenvalue weighted by atomic mass is 10.1. The summed E-state index contributed by atoms with van der Waals surface area (Å²) in [6, 6.07) is 4.26. The van der Waals surface area contributed by atoms with Gasteiger partial charge < -0.3 is 20.6 Å². The number of phenols is 2. The molecular formula is C10H17NO3. The maximum absolute atomic E-state index is 9.48. The molecule has 0 saturated heterocycles. The second-order valence-electron chi connectivity index (χ2n) is 2.82. The number of hydrogen-bond donors (Lipinski definition) is 4. The number of rotatable bonds is 3. The number of phenolic OH excluding ortho intramolecular Hbond substituents is 2. The smallest absolute Gasteiger partial charge is 0.157 e. The van der Waals surface area contributed by atoms with Crippen LogP contribution in [-0.4, -0.2) is 28.9 Å². The second kappa shape index (κ2) is 5.47. The standard InChI is InChI=1S/C9H13NO3.CH4/c1-10-5-9(13)6-2-3-7(11)8(12)4-6;/h2-4,9-13H,5H2,1H3;1H4. The van der Waals surface area contributed by atoms with E-state index in [9.17, 15) is 5.11 Å². The molecule has 0 spiro atoms. The van der Waals surface area contributed by atoms with E-state index in [0.717, 1.165) is 0 Å². The molecule has 0 aliphatic heterocycles.